The van der Waals surface area contributed by atoms with Gasteiger partial charge in [-0.15, -0.1) is 12.4 Å². The van der Waals surface area contributed by atoms with Gasteiger partial charge < -0.3 is 15.4 Å². The molecule has 0 bridgehead atoms. The van der Waals surface area contributed by atoms with Crippen molar-refractivity contribution in [3.8, 4) is 0 Å². The molecule has 1 aromatic rings. The van der Waals surface area contributed by atoms with Gasteiger partial charge in [-0.05, 0) is 19.4 Å². The Morgan fingerprint density at radius 1 is 1.42 bits per heavy atom. The van der Waals surface area contributed by atoms with Crippen LogP contribution in [0.3, 0.4) is 0 Å². The number of morpholine rings is 1. The number of ether oxygens (including phenoxy) is 1. The molecule has 1 aliphatic rings. The minimum Gasteiger partial charge on any atom is -0.369 e. The molecule has 0 spiro atoms. The van der Waals surface area contributed by atoms with Crippen molar-refractivity contribution in [3.63, 3.8) is 0 Å². The Balaban J connectivity index is 0.00000180. The van der Waals surface area contributed by atoms with Gasteiger partial charge in [0.2, 0.25) is 5.91 Å². The fourth-order valence-electron chi connectivity index (χ4n) is 2.27. The molecular weight excluding hydrogens is 264 g/mol. The van der Waals surface area contributed by atoms with Gasteiger partial charge in [0, 0.05) is 0 Å². The topological polar surface area (TPSA) is 55.6 Å². The average Bonchev–Trinajstić information content (AvgIpc) is 2.38. The highest BCUT2D eigenvalue weighted by Crippen LogP contribution is 2.29. The quantitative estimate of drug-likeness (QED) is 0.900. The molecular formula is C14H21ClN2O2. The van der Waals surface area contributed by atoms with Crippen LogP contribution in [-0.4, -0.2) is 36.0 Å². The molecule has 2 N–H and O–H groups in total. The predicted molar refractivity (Wildman–Crippen MR) is 77.2 cm³/mol. The highest BCUT2D eigenvalue weighted by Gasteiger charge is 2.37. The molecule has 1 unspecified atom stereocenters. The first kappa shape index (κ1) is 16.0. The third kappa shape index (κ3) is 3.47. The van der Waals surface area contributed by atoms with Gasteiger partial charge in [-0.25, -0.2) is 0 Å². The van der Waals surface area contributed by atoms with Gasteiger partial charge in [-0.3, -0.25) is 4.79 Å². The molecule has 1 aliphatic heterocycles. The molecule has 1 heterocycles. The maximum absolute atomic E-state index is 11.9. The van der Waals surface area contributed by atoms with Crippen molar-refractivity contribution < 1.29 is 9.53 Å². The minimum atomic E-state index is -0.290. The zero-order chi connectivity index (χ0) is 13.2. The second-order valence-electron chi connectivity index (χ2n) is 5.23. The third-order valence-electron chi connectivity index (χ3n) is 3.36. The summed E-state index contributed by atoms with van der Waals surface area (Å²) >= 11 is 0. The molecule has 5 heteroatoms. The lowest BCUT2D eigenvalue weighted by molar-refractivity contribution is -0.153. The lowest BCUT2D eigenvalue weighted by atomic mass is 9.98. The van der Waals surface area contributed by atoms with Gasteiger partial charge in [0.25, 0.3) is 0 Å². The molecule has 0 saturated carbocycles. The molecule has 0 aliphatic carbocycles. The number of rotatable bonds is 2. The van der Waals surface area contributed by atoms with Crippen LogP contribution in [-0.2, 0) is 9.53 Å². The van der Waals surface area contributed by atoms with Gasteiger partial charge in [0.05, 0.1) is 25.2 Å². The maximum atomic E-state index is 11.9. The first-order chi connectivity index (χ1) is 8.54. The van der Waals surface area contributed by atoms with Gasteiger partial charge in [0.15, 0.2) is 0 Å². The van der Waals surface area contributed by atoms with Crippen LogP contribution in [0.1, 0.15) is 25.5 Å². The first-order valence-corrected chi connectivity index (χ1v) is 6.21. The van der Waals surface area contributed by atoms with Crippen LogP contribution in [0.15, 0.2) is 30.3 Å². The number of hydrogen-bond acceptors (Lipinski definition) is 3. The Morgan fingerprint density at radius 3 is 2.63 bits per heavy atom. The van der Waals surface area contributed by atoms with Gasteiger partial charge >= 0.3 is 0 Å². The smallest absolute Gasteiger partial charge is 0.236 e. The monoisotopic (exact) mass is 284 g/mol. The molecule has 1 saturated heterocycles. The first-order valence-electron chi connectivity index (χ1n) is 6.21. The van der Waals surface area contributed by atoms with E-state index in [9.17, 15) is 4.79 Å². The zero-order valence-electron chi connectivity index (χ0n) is 11.3. The summed E-state index contributed by atoms with van der Waals surface area (Å²) in [5.74, 6) is -0.0239. The van der Waals surface area contributed by atoms with Crippen molar-refractivity contribution in [2.45, 2.75) is 25.5 Å². The minimum absolute atomic E-state index is 0. The molecule has 0 aromatic heterocycles. The summed E-state index contributed by atoms with van der Waals surface area (Å²) < 4.78 is 5.87. The van der Waals surface area contributed by atoms with Crippen molar-refractivity contribution in [2.24, 2.45) is 5.73 Å². The average molecular weight is 285 g/mol. The Bertz CT molecular complexity index is 423. The zero-order valence-corrected chi connectivity index (χ0v) is 12.2. The molecule has 106 valence electrons. The Kier molecular flexibility index (Phi) is 5.35. The Morgan fingerprint density at radius 2 is 2.05 bits per heavy atom. The summed E-state index contributed by atoms with van der Waals surface area (Å²) in [7, 11) is 0. The highest BCUT2D eigenvalue weighted by molar-refractivity contribution is 5.85. The summed E-state index contributed by atoms with van der Waals surface area (Å²) in [5, 5.41) is 0. The molecule has 2 rings (SSSR count). The van der Waals surface area contributed by atoms with E-state index in [1.54, 1.807) is 0 Å². The summed E-state index contributed by atoms with van der Waals surface area (Å²) in [5.41, 5.74) is 6.29. The number of amides is 1. The van der Waals surface area contributed by atoms with Crippen LogP contribution in [0, 0.1) is 0 Å². The van der Waals surface area contributed by atoms with Crippen molar-refractivity contribution in [1.82, 2.24) is 4.90 Å². The predicted octanol–water partition coefficient (Wildman–Crippen LogP) is 1.75. The normalized spacial score (nSPS) is 21.6. The number of carbonyl (C=O) groups is 1. The Hall–Kier alpha value is -1.10. The summed E-state index contributed by atoms with van der Waals surface area (Å²) in [6, 6.07) is 9.97. The van der Waals surface area contributed by atoms with E-state index in [0.29, 0.717) is 13.2 Å². The van der Waals surface area contributed by atoms with E-state index in [1.165, 1.54) is 0 Å². The van der Waals surface area contributed by atoms with Crippen molar-refractivity contribution in [1.29, 1.82) is 0 Å². The van der Waals surface area contributed by atoms with Crippen LogP contribution in [0.4, 0.5) is 0 Å². The standard InChI is InChI=1S/C14H20N2O2.ClH/c1-14(2)10-18-12(9-16(14)13(17)8-15)11-6-4-3-5-7-11;/h3-7,12H,8-10,15H2,1-2H3;1H. The number of nitrogens with zero attached hydrogens (tertiary/aromatic N) is 1. The fraction of sp³-hybridized carbons (Fsp3) is 0.500. The van der Waals surface area contributed by atoms with Gasteiger partial charge in [-0.1, -0.05) is 30.3 Å². The number of nitrogens with two attached hydrogens (primary N) is 1. The number of halogens is 1. The van der Waals surface area contributed by atoms with Crippen molar-refractivity contribution in [3.05, 3.63) is 35.9 Å². The summed E-state index contributed by atoms with van der Waals surface area (Å²) in [4.78, 5) is 13.7. The number of carbonyl (C=O) groups excluding carboxylic acids is 1. The van der Waals surface area contributed by atoms with Crippen LogP contribution in [0.2, 0.25) is 0 Å². The second kappa shape index (κ2) is 6.37. The van der Waals surface area contributed by atoms with E-state index in [2.05, 4.69) is 0 Å². The fourth-order valence-corrected chi connectivity index (χ4v) is 2.27. The maximum Gasteiger partial charge on any atom is 0.236 e. The molecule has 1 amide bonds. The van der Waals surface area contributed by atoms with E-state index in [-0.39, 0.29) is 36.5 Å². The van der Waals surface area contributed by atoms with Crippen molar-refractivity contribution >= 4 is 18.3 Å². The lowest BCUT2D eigenvalue weighted by Crippen LogP contribution is -2.57. The van der Waals surface area contributed by atoms with Crippen LogP contribution < -0.4 is 5.73 Å². The molecule has 19 heavy (non-hydrogen) atoms. The molecule has 4 nitrogen and oxygen atoms in total. The van der Waals surface area contributed by atoms with Crippen LogP contribution in [0.25, 0.3) is 0 Å². The molecule has 1 aromatic carbocycles. The van der Waals surface area contributed by atoms with E-state index in [0.717, 1.165) is 5.56 Å². The molecule has 1 atom stereocenters. The van der Waals surface area contributed by atoms with Crippen LogP contribution in [0.5, 0.6) is 0 Å². The van der Waals surface area contributed by atoms with Crippen molar-refractivity contribution in [2.75, 3.05) is 19.7 Å². The van der Waals surface area contributed by atoms with E-state index >= 15 is 0 Å². The van der Waals surface area contributed by atoms with Crippen LogP contribution >= 0.6 is 12.4 Å². The largest absolute Gasteiger partial charge is 0.369 e. The van der Waals surface area contributed by atoms with E-state index in [1.807, 2.05) is 49.1 Å². The SMILES string of the molecule is CC1(C)COC(c2ccccc2)CN1C(=O)CN.Cl. The summed E-state index contributed by atoms with van der Waals surface area (Å²) in [6.45, 7) is 5.14. The second-order valence-corrected chi connectivity index (χ2v) is 5.23. The number of benzene rings is 1. The third-order valence-corrected chi connectivity index (χ3v) is 3.36. The number of hydrogen-bond donors (Lipinski definition) is 1. The summed E-state index contributed by atoms with van der Waals surface area (Å²) in [6.07, 6.45) is -0.0604. The van der Waals surface area contributed by atoms with Gasteiger partial charge in [-0.2, -0.15) is 0 Å². The van der Waals surface area contributed by atoms with E-state index in [4.69, 9.17) is 10.5 Å². The van der Waals surface area contributed by atoms with E-state index < -0.39 is 0 Å². The molecule has 0 radical (unpaired) electrons. The van der Waals surface area contributed by atoms with Gasteiger partial charge in [0.1, 0.15) is 6.10 Å². The molecule has 1 fully saturated rings. The highest BCUT2D eigenvalue weighted by atomic mass is 35.5. The lowest BCUT2D eigenvalue weighted by Gasteiger charge is -2.45. The Labute approximate surface area is 120 Å².